The molecule has 2 aliphatic rings. The smallest absolute Gasteiger partial charge is 0.270 e. The Labute approximate surface area is 112 Å². The van der Waals surface area contributed by atoms with E-state index in [4.69, 9.17) is 4.74 Å². The number of aromatic nitrogens is 1. The molecule has 0 aromatic carbocycles. The Hall–Kier alpha value is -1.33. The molecule has 5 nitrogen and oxygen atoms in total. The highest BCUT2D eigenvalue weighted by Crippen LogP contribution is 2.35. The molecule has 0 saturated carbocycles. The van der Waals surface area contributed by atoms with Crippen LogP contribution in [0.5, 0.6) is 0 Å². The van der Waals surface area contributed by atoms with E-state index in [1.165, 1.54) is 0 Å². The number of likely N-dealkylation sites (tertiary alicyclic amines) is 1. The van der Waals surface area contributed by atoms with Gasteiger partial charge >= 0.3 is 0 Å². The Morgan fingerprint density at radius 2 is 2.26 bits per heavy atom. The first-order valence-corrected chi connectivity index (χ1v) is 6.96. The zero-order chi connectivity index (χ0) is 13.3. The highest BCUT2D eigenvalue weighted by atomic mass is 16.5. The summed E-state index contributed by atoms with van der Waals surface area (Å²) >= 11 is 0. The average molecular weight is 264 g/mol. The zero-order valence-corrected chi connectivity index (χ0v) is 11.0. The molecule has 5 heteroatoms. The standard InChI is InChI=1S/C14H20N2O3/c17-12-4-2-10-19-14(12)5-8-16(9-6-14)13(18)11-3-1-7-15-11/h1,3,7,12,15,17H,2,4-6,8-10H2/t12-/m1/s1. The molecule has 0 unspecified atom stereocenters. The van der Waals surface area contributed by atoms with Crippen molar-refractivity contribution in [2.24, 2.45) is 0 Å². The number of ether oxygens (including phenoxy) is 1. The summed E-state index contributed by atoms with van der Waals surface area (Å²) in [6.45, 7) is 2.02. The van der Waals surface area contributed by atoms with Crippen LogP contribution in [0.1, 0.15) is 36.2 Å². The molecule has 2 N–H and O–H groups in total. The van der Waals surface area contributed by atoms with Crippen molar-refractivity contribution in [3.05, 3.63) is 24.0 Å². The van der Waals surface area contributed by atoms with Gasteiger partial charge in [0.2, 0.25) is 0 Å². The quantitative estimate of drug-likeness (QED) is 0.800. The summed E-state index contributed by atoms with van der Waals surface area (Å²) in [5.41, 5.74) is 0.214. The SMILES string of the molecule is O=C(c1ccc[nH]1)N1CCC2(CC1)OCCC[C@H]2O. The Kier molecular flexibility index (Phi) is 3.33. The van der Waals surface area contributed by atoms with Crippen LogP contribution >= 0.6 is 0 Å². The maximum Gasteiger partial charge on any atom is 0.270 e. The summed E-state index contributed by atoms with van der Waals surface area (Å²) in [7, 11) is 0. The van der Waals surface area contributed by atoms with Gasteiger partial charge in [-0.25, -0.2) is 0 Å². The third kappa shape index (κ3) is 2.28. The van der Waals surface area contributed by atoms with Gasteiger partial charge in [-0.1, -0.05) is 0 Å². The predicted molar refractivity (Wildman–Crippen MR) is 69.9 cm³/mol. The number of amides is 1. The number of nitrogens with one attached hydrogen (secondary N) is 1. The summed E-state index contributed by atoms with van der Waals surface area (Å²) in [6, 6.07) is 3.62. The van der Waals surface area contributed by atoms with E-state index in [0.29, 0.717) is 18.8 Å². The molecule has 1 aromatic heterocycles. The molecule has 1 amide bonds. The van der Waals surface area contributed by atoms with Crippen LogP contribution in [0.25, 0.3) is 0 Å². The van der Waals surface area contributed by atoms with Gasteiger partial charge in [0.15, 0.2) is 0 Å². The van der Waals surface area contributed by atoms with E-state index in [1.807, 2.05) is 11.0 Å². The largest absolute Gasteiger partial charge is 0.390 e. The Bertz CT molecular complexity index is 436. The molecule has 19 heavy (non-hydrogen) atoms. The van der Waals surface area contributed by atoms with Crippen molar-refractivity contribution in [2.45, 2.75) is 37.4 Å². The number of aliphatic hydroxyl groups is 1. The molecule has 104 valence electrons. The molecule has 2 fully saturated rings. The van der Waals surface area contributed by atoms with Gasteiger partial charge < -0.3 is 19.7 Å². The molecule has 1 spiro atoms. The number of nitrogens with zero attached hydrogens (tertiary/aromatic N) is 1. The van der Waals surface area contributed by atoms with Crippen LogP contribution in [0.4, 0.5) is 0 Å². The lowest BCUT2D eigenvalue weighted by atomic mass is 9.82. The number of carbonyl (C=O) groups excluding carboxylic acids is 1. The molecular weight excluding hydrogens is 244 g/mol. The normalized spacial score (nSPS) is 26.6. The van der Waals surface area contributed by atoms with Crippen molar-refractivity contribution in [3.8, 4) is 0 Å². The fraction of sp³-hybridized carbons (Fsp3) is 0.643. The molecule has 2 saturated heterocycles. The Morgan fingerprint density at radius 3 is 2.89 bits per heavy atom. The first-order chi connectivity index (χ1) is 9.21. The van der Waals surface area contributed by atoms with Crippen molar-refractivity contribution in [3.63, 3.8) is 0 Å². The zero-order valence-electron chi connectivity index (χ0n) is 11.0. The van der Waals surface area contributed by atoms with Gasteiger partial charge in [0, 0.05) is 25.9 Å². The second kappa shape index (κ2) is 4.98. The van der Waals surface area contributed by atoms with E-state index in [9.17, 15) is 9.90 Å². The number of aromatic amines is 1. The van der Waals surface area contributed by atoms with Crippen molar-refractivity contribution >= 4 is 5.91 Å². The van der Waals surface area contributed by atoms with Crippen LogP contribution in [-0.4, -0.2) is 52.3 Å². The van der Waals surface area contributed by atoms with E-state index in [2.05, 4.69) is 4.98 Å². The number of hydrogen-bond donors (Lipinski definition) is 2. The molecule has 3 rings (SSSR count). The van der Waals surface area contributed by atoms with Crippen molar-refractivity contribution in [2.75, 3.05) is 19.7 Å². The van der Waals surface area contributed by atoms with Crippen LogP contribution in [0.2, 0.25) is 0 Å². The lowest BCUT2D eigenvalue weighted by Gasteiger charge is -2.46. The number of H-pyrrole nitrogens is 1. The molecule has 0 radical (unpaired) electrons. The van der Waals surface area contributed by atoms with Crippen LogP contribution in [0.15, 0.2) is 18.3 Å². The predicted octanol–water partition coefficient (Wildman–Crippen LogP) is 1.16. The second-order valence-corrected chi connectivity index (χ2v) is 5.45. The Balaban J connectivity index is 1.64. The van der Waals surface area contributed by atoms with Gasteiger partial charge in [0.1, 0.15) is 5.69 Å². The van der Waals surface area contributed by atoms with E-state index >= 15 is 0 Å². The van der Waals surface area contributed by atoms with Crippen molar-refractivity contribution in [1.82, 2.24) is 9.88 Å². The molecule has 0 aliphatic carbocycles. The van der Waals surface area contributed by atoms with Crippen LogP contribution in [-0.2, 0) is 4.74 Å². The first-order valence-electron chi connectivity index (χ1n) is 6.96. The summed E-state index contributed by atoms with van der Waals surface area (Å²) in [5, 5.41) is 10.2. The van der Waals surface area contributed by atoms with E-state index < -0.39 is 5.60 Å². The summed E-state index contributed by atoms with van der Waals surface area (Å²) < 4.78 is 5.84. The maximum atomic E-state index is 12.2. The number of rotatable bonds is 1. The molecule has 1 aromatic rings. The fourth-order valence-corrected chi connectivity index (χ4v) is 3.11. The van der Waals surface area contributed by atoms with Gasteiger partial charge in [-0.05, 0) is 37.8 Å². The van der Waals surface area contributed by atoms with Gasteiger partial charge in [-0.2, -0.15) is 0 Å². The van der Waals surface area contributed by atoms with Crippen molar-refractivity contribution in [1.29, 1.82) is 0 Å². The Morgan fingerprint density at radius 1 is 1.47 bits per heavy atom. The second-order valence-electron chi connectivity index (χ2n) is 5.45. The minimum absolute atomic E-state index is 0.0325. The van der Waals surface area contributed by atoms with E-state index in [-0.39, 0.29) is 12.0 Å². The lowest BCUT2D eigenvalue weighted by Crippen LogP contribution is -2.56. The monoisotopic (exact) mass is 264 g/mol. The highest BCUT2D eigenvalue weighted by molar-refractivity contribution is 5.92. The molecule has 1 atom stereocenters. The minimum atomic E-state index is -0.412. The van der Waals surface area contributed by atoms with Gasteiger partial charge in [-0.3, -0.25) is 4.79 Å². The van der Waals surface area contributed by atoms with Crippen LogP contribution in [0.3, 0.4) is 0 Å². The van der Waals surface area contributed by atoms with Crippen LogP contribution < -0.4 is 0 Å². The number of hydrogen-bond acceptors (Lipinski definition) is 3. The third-order valence-corrected chi connectivity index (χ3v) is 4.34. The van der Waals surface area contributed by atoms with Crippen LogP contribution in [0, 0.1) is 0 Å². The number of carbonyl (C=O) groups is 1. The fourth-order valence-electron chi connectivity index (χ4n) is 3.11. The molecule has 0 bridgehead atoms. The highest BCUT2D eigenvalue weighted by Gasteiger charge is 2.44. The van der Waals surface area contributed by atoms with Gasteiger partial charge in [0.05, 0.1) is 11.7 Å². The van der Waals surface area contributed by atoms with Crippen molar-refractivity contribution < 1.29 is 14.6 Å². The summed E-state index contributed by atoms with van der Waals surface area (Å²) in [4.78, 5) is 17.0. The first kappa shape index (κ1) is 12.7. The molecule has 2 aliphatic heterocycles. The lowest BCUT2D eigenvalue weighted by molar-refractivity contribution is -0.174. The molecular formula is C14H20N2O3. The maximum absolute atomic E-state index is 12.2. The third-order valence-electron chi connectivity index (χ3n) is 4.34. The van der Waals surface area contributed by atoms with Gasteiger partial charge in [0.25, 0.3) is 5.91 Å². The average Bonchev–Trinajstić information content (AvgIpc) is 2.96. The van der Waals surface area contributed by atoms with E-state index in [0.717, 1.165) is 32.3 Å². The molecule has 3 heterocycles. The number of aliphatic hydroxyl groups excluding tert-OH is 1. The summed E-state index contributed by atoms with van der Waals surface area (Å²) in [6.07, 6.45) is 4.55. The van der Waals surface area contributed by atoms with E-state index in [1.54, 1.807) is 12.3 Å². The minimum Gasteiger partial charge on any atom is -0.390 e. The van der Waals surface area contributed by atoms with Gasteiger partial charge in [-0.15, -0.1) is 0 Å². The summed E-state index contributed by atoms with van der Waals surface area (Å²) in [5.74, 6) is 0.0325. The number of piperidine rings is 1. The topological polar surface area (TPSA) is 65.6 Å².